The summed E-state index contributed by atoms with van der Waals surface area (Å²) in [6.07, 6.45) is 0. The number of hydrogen-bond donors (Lipinski definition) is 2. The minimum Gasteiger partial charge on any atom is -0.478 e. The molecule has 0 aliphatic carbocycles. The van der Waals surface area contributed by atoms with Crippen molar-refractivity contribution in [2.45, 2.75) is 0 Å². The van der Waals surface area contributed by atoms with Crippen LogP contribution in [-0.2, 0) is 4.79 Å². The highest BCUT2D eigenvalue weighted by Gasteiger charge is 2.14. The van der Waals surface area contributed by atoms with Crippen molar-refractivity contribution in [3.63, 3.8) is 0 Å². The van der Waals surface area contributed by atoms with E-state index >= 15 is 0 Å². The Bertz CT molecular complexity index is 434. The lowest BCUT2D eigenvalue weighted by atomic mass is 10.1. The molecule has 1 aromatic rings. The van der Waals surface area contributed by atoms with E-state index in [1.807, 2.05) is 0 Å². The van der Waals surface area contributed by atoms with Gasteiger partial charge in [-0.2, -0.15) is 0 Å². The number of hydrogen-bond acceptors (Lipinski definition) is 3. The number of rotatable bonds is 4. The minimum absolute atomic E-state index is 0.0259. The summed E-state index contributed by atoms with van der Waals surface area (Å²) in [5.41, 5.74) is 5.63. The van der Waals surface area contributed by atoms with Gasteiger partial charge < -0.3 is 15.7 Å². The lowest BCUT2D eigenvalue weighted by Gasteiger charge is -2.19. The molecule has 1 aromatic carbocycles. The standard InChI is InChI=1S/C10H11BrN2O3/c1-13(5-9(12)14)8-3-2-6(11)4-7(8)10(15)16/h2-4H,5H2,1H3,(H2,12,14)(H,15,16). The van der Waals surface area contributed by atoms with E-state index < -0.39 is 11.9 Å². The summed E-state index contributed by atoms with van der Waals surface area (Å²) in [5, 5.41) is 9.01. The molecule has 0 radical (unpaired) electrons. The number of benzene rings is 1. The minimum atomic E-state index is -1.05. The third kappa shape index (κ3) is 2.96. The molecule has 0 saturated heterocycles. The van der Waals surface area contributed by atoms with E-state index in [9.17, 15) is 9.59 Å². The van der Waals surface area contributed by atoms with Crippen LogP contribution in [0.15, 0.2) is 22.7 Å². The Morgan fingerprint density at radius 2 is 2.12 bits per heavy atom. The van der Waals surface area contributed by atoms with Gasteiger partial charge in [-0.15, -0.1) is 0 Å². The largest absolute Gasteiger partial charge is 0.478 e. The summed E-state index contributed by atoms with van der Waals surface area (Å²) in [4.78, 5) is 23.3. The zero-order valence-electron chi connectivity index (χ0n) is 8.61. The molecule has 0 atom stereocenters. The average molecular weight is 287 g/mol. The fourth-order valence-corrected chi connectivity index (χ4v) is 1.69. The van der Waals surface area contributed by atoms with Crippen molar-refractivity contribution in [1.82, 2.24) is 0 Å². The molecule has 0 heterocycles. The van der Waals surface area contributed by atoms with Crippen LogP contribution in [0.25, 0.3) is 0 Å². The molecule has 0 saturated carbocycles. The van der Waals surface area contributed by atoms with Gasteiger partial charge in [0.25, 0.3) is 0 Å². The highest BCUT2D eigenvalue weighted by Crippen LogP contribution is 2.23. The van der Waals surface area contributed by atoms with Crippen LogP contribution < -0.4 is 10.6 Å². The summed E-state index contributed by atoms with van der Waals surface area (Å²) < 4.78 is 0.668. The predicted molar refractivity (Wildman–Crippen MR) is 63.6 cm³/mol. The Hall–Kier alpha value is -1.56. The van der Waals surface area contributed by atoms with Crippen LogP contribution >= 0.6 is 15.9 Å². The monoisotopic (exact) mass is 286 g/mol. The fraction of sp³-hybridized carbons (Fsp3) is 0.200. The summed E-state index contributed by atoms with van der Waals surface area (Å²) in [5.74, 6) is -1.56. The number of nitrogens with two attached hydrogens (primary N) is 1. The summed E-state index contributed by atoms with van der Waals surface area (Å²) in [6.45, 7) is -0.0259. The van der Waals surface area contributed by atoms with Crippen molar-refractivity contribution in [2.75, 3.05) is 18.5 Å². The lowest BCUT2D eigenvalue weighted by molar-refractivity contribution is -0.116. The lowest BCUT2D eigenvalue weighted by Crippen LogP contribution is -2.31. The van der Waals surface area contributed by atoms with Crippen LogP contribution in [0.5, 0.6) is 0 Å². The zero-order valence-corrected chi connectivity index (χ0v) is 10.2. The number of carboxylic acids is 1. The molecule has 6 heteroatoms. The molecule has 0 aliphatic rings. The van der Waals surface area contributed by atoms with Crippen LogP contribution in [0.1, 0.15) is 10.4 Å². The third-order valence-corrected chi connectivity index (χ3v) is 2.49. The number of carbonyl (C=O) groups is 2. The second-order valence-electron chi connectivity index (χ2n) is 3.29. The van der Waals surface area contributed by atoms with Gasteiger partial charge in [-0.25, -0.2) is 4.79 Å². The number of primary amides is 1. The number of amides is 1. The van der Waals surface area contributed by atoms with Crippen LogP contribution in [-0.4, -0.2) is 30.6 Å². The molecule has 16 heavy (non-hydrogen) atoms. The number of carboxylic acid groups (broad SMARTS) is 1. The Kier molecular flexibility index (Phi) is 3.89. The number of halogens is 1. The van der Waals surface area contributed by atoms with Gasteiger partial charge in [0, 0.05) is 11.5 Å². The number of nitrogens with zero attached hydrogens (tertiary/aromatic N) is 1. The Morgan fingerprint density at radius 3 is 2.62 bits per heavy atom. The van der Waals surface area contributed by atoms with Gasteiger partial charge in [0.1, 0.15) is 0 Å². The Morgan fingerprint density at radius 1 is 1.50 bits per heavy atom. The van der Waals surface area contributed by atoms with Crippen LogP contribution in [0.2, 0.25) is 0 Å². The van der Waals surface area contributed by atoms with Gasteiger partial charge in [-0.05, 0) is 18.2 Å². The Labute approximate surface area is 101 Å². The maximum Gasteiger partial charge on any atom is 0.337 e. The van der Waals surface area contributed by atoms with Crippen LogP contribution in [0.4, 0.5) is 5.69 Å². The molecule has 0 aromatic heterocycles. The van der Waals surface area contributed by atoms with Gasteiger partial charge in [0.2, 0.25) is 5.91 Å². The molecule has 0 aliphatic heterocycles. The molecular formula is C10H11BrN2O3. The van der Waals surface area contributed by atoms with E-state index in [-0.39, 0.29) is 12.1 Å². The van der Waals surface area contributed by atoms with Gasteiger partial charge in [0.05, 0.1) is 17.8 Å². The molecule has 0 unspecified atom stereocenters. The van der Waals surface area contributed by atoms with Crippen molar-refractivity contribution < 1.29 is 14.7 Å². The quantitative estimate of drug-likeness (QED) is 0.867. The molecule has 0 bridgehead atoms. The highest BCUT2D eigenvalue weighted by atomic mass is 79.9. The van der Waals surface area contributed by atoms with Gasteiger partial charge in [-0.3, -0.25) is 4.79 Å². The van der Waals surface area contributed by atoms with E-state index in [0.29, 0.717) is 10.2 Å². The van der Waals surface area contributed by atoms with Crippen molar-refractivity contribution in [1.29, 1.82) is 0 Å². The molecule has 0 spiro atoms. The number of carbonyl (C=O) groups excluding carboxylic acids is 1. The fourth-order valence-electron chi connectivity index (χ4n) is 1.33. The van der Waals surface area contributed by atoms with Gasteiger partial charge in [0.15, 0.2) is 0 Å². The van der Waals surface area contributed by atoms with Gasteiger partial charge >= 0.3 is 5.97 Å². The van der Waals surface area contributed by atoms with Crippen molar-refractivity contribution in [3.8, 4) is 0 Å². The van der Waals surface area contributed by atoms with E-state index in [4.69, 9.17) is 10.8 Å². The van der Waals surface area contributed by atoms with E-state index in [0.717, 1.165) is 0 Å². The maximum atomic E-state index is 11.0. The number of anilines is 1. The molecule has 3 N–H and O–H groups in total. The zero-order chi connectivity index (χ0) is 12.3. The number of likely N-dealkylation sites (N-methyl/N-ethyl adjacent to an activating group) is 1. The molecule has 86 valence electrons. The summed E-state index contributed by atoms with van der Waals surface area (Å²) >= 11 is 3.19. The normalized spacial score (nSPS) is 9.88. The summed E-state index contributed by atoms with van der Waals surface area (Å²) in [7, 11) is 1.61. The van der Waals surface area contributed by atoms with Crippen LogP contribution in [0.3, 0.4) is 0 Å². The highest BCUT2D eigenvalue weighted by molar-refractivity contribution is 9.10. The average Bonchev–Trinajstić information content (AvgIpc) is 2.16. The topological polar surface area (TPSA) is 83.6 Å². The van der Waals surface area contributed by atoms with Crippen molar-refractivity contribution in [3.05, 3.63) is 28.2 Å². The van der Waals surface area contributed by atoms with Crippen molar-refractivity contribution in [2.24, 2.45) is 5.73 Å². The molecular weight excluding hydrogens is 276 g/mol. The number of aromatic carboxylic acids is 1. The second kappa shape index (κ2) is 4.98. The SMILES string of the molecule is CN(CC(N)=O)c1ccc(Br)cc1C(=O)O. The second-order valence-corrected chi connectivity index (χ2v) is 4.20. The Balaban J connectivity index is 3.12. The van der Waals surface area contributed by atoms with Gasteiger partial charge in [-0.1, -0.05) is 15.9 Å². The van der Waals surface area contributed by atoms with E-state index in [1.54, 1.807) is 19.2 Å². The molecule has 1 amide bonds. The first kappa shape index (κ1) is 12.5. The molecule has 0 fully saturated rings. The molecule has 5 nitrogen and oxygen atoms in total. The summed E-state index contributed by atoms with van der Waals surface area (Å²) in [6, 6.07) is 4.81. The molecule has 1 rings (SSSR count). The van der Waals surface area contributed by atoms with E-state index in [2.05, 4.69) is 15.9 Å². The first-order valence-corrected chi connectivity index (χ1v) is 5.23. The maximum absolute atomic E-state index is 11.0. The first-order chi connectivity index (χ1) is 7.41. The predicted octanol–water partition coefficient (Wildman–Crippen LogP) is 1.07. The smallest absolute Gasteiger partial charge is 0.337 e. The third-order valence-electron chi connectivity index (χ3n) is 1.99. The van der Waals surface area contributed by atoms with Crippen molar-refractivity contribution >= 4 is 33.5 Å². The van der Waals surface area contributed by atoms with Crippen LogP contribution in [0, 0.1) is 0 Å². The van der Waals surface area contributed by atoms with E-state index in [1.165, 1.54) is 11.0 Å². The first-order valence-electron chi connectivity index (χ1n) is 4.44.